The molecule has 2 heterocycles. The maximum atomic E-state index is 13.4. The van der Waals surface area contributed by atoms with Crippen LogP contribution in [0.15, 0.2) is 22.4 Å². The summed E-state index contributed by atoms with van der Waals surface area (Å²) >= 11 is 2.92. The summed E-state index contributed by atoms with van der Waals surface area (Å²) in [6.07, 6.45) is 1.49. The number of aromatic nitrogens is 1. The van der Waals surface area contributed by atoms with E-state index in [1.165, 1.54) is 11.8 Å². The first-order chi connectivity index (χ1) is 16.3. The first-order valence-electron chi connectivity index (χ1n) is 12.4. The third-order valence-corrected chi connectivity index (χ3v) is 9.13. The summed E-state index contributed by atoms with van der Waals surface area (Å²) in [5.74, 6) is -0.141. The minimum absolute atomic E-state index is 0.0158. The Hall–Kier alpha value is -1.70. The van der Waals surface area contributed by atoms with Gasteiger partial charge in [-0.15, -0.1) is 23.1 Å². The van der Waals surface area contributed by atoms with Gasteiger partial charge in [0.15, 0.2) is 11.0 Å². The van der Waals surface area contributed by atoms with E-state index in [0.717, 1.165) is 32.3 Å². The van der Waals surface area contributed by atoms with E-state index < -0.39 is 16.8 Å². The summed E-state index contributed by atoms with van der Waals surface area (Å²) in [5.41, 5.74) is 2.89. The molecule has 35 heavy (non-hydrogen) atoms. The molecule has 0 spiro atoms. The molecule has 0 amide bonds. The standard InChI is InChI=1S/C28H39NO4S2/c1-16(2)21-15-34-24(29-21)9-10-28(17(3)4)13-22(31)25(26(32)33-28)35-23-11-18(5)19(14-30)12-20(23)27(6,7)8/h11-12,15-17,25,30H,9-10,13-14H2,1-8H3. The molecule has 0 aliphatic carbocycles. The lowest BCUT2D eigenvalue weighted by molar-refractivity contribution is -0.176. The van der Waals surface area contributed by atoms with E-state index in [9.17, 15) is 14.7 Å². The number of aliphatic hydroxyl groups is 1. The predicted octanol–water partition coefficient (Wildman–Crippen LogP) is 6.37. The van der Waals surface area contributed by atoms with Gasteiger partial charge in [0.1, 0.15) is 5.60 Å². The Morgan fingerprint density at radius 3 is 2.43 bits per heavy atom. The highest BCUT2D eigenvalue weighted by Crippen LogP contribution is 2.43. The third-order valence-electron chi connectivity index (χ3n) is 6.92. The highest BCUT2D eigenvalue weighted by Gasteiger charge is 2.49. The van der Waals surface area contributed by atoms with Crippen LogP contribution in [-0.4, -0.2) is 32.7 Å². The van der Waals surface area contributed by atoms with Crippen LogP contribution in [0.3, 0.4) is 0 Å². The van der Waals surface area contributed by atoms with Gasteiger partial charge < -0.3 is 9.84 Å². The third kappa shape index (κ3) is 6.17. The fourth-order valence-corrected chi connectivity index (χ4v) is 6.71. The number of benzene rings is 1. The van der Waals surface area contributed by atoms with E-state index in [2.05, 4.69) is 40.0 Å². The highest BCUT2D eigenvalue weighted by atomic mass is 32.2. The molecule has 3 rings (SSSR count). The average Bonchev–Trinajstić information content (AvgIpc) is 3.23. The van der Waals surface area contributed by atoms with Gasteiger partial charge >= 0.3 is 5.97 Å². The smallest absolute Gasteiger partial charge is 0.327 e. The second-order valence-corrected chi connectivity index (χ2v) is 13.4. The Balaban J connectivity index is 1.82. The van der Waals surface area contributed by atoms with E-state index in [1.54, 1.807) is 11.3 Å². The fraction of sp³-hybridized carbons (Fsp3) is 0.607. The Bertz CT molecular complexity index is 1060. The van der Waals surface area contributed by atoms with Gasteiger partial charge in [0.05, 0.1) is 17.3 Å². The van der Waals surface area contributed by atoms with Gasteiger partial charge in [0.2, 0.25) is 0 Å². The average molecular weight is 518 g/mol. The quantitative estimate of drug-likeness (QED) is 0.324. The van der Waals surface area contributed by atoms with Crippen LogP contribution < -0.4 is 0 Å². The van der Waals surface area contributed by atoms with Crippen molar-refractivity contribution in [3.05, 3.63) is 44.9 Å². The van der Waals surface area contributed by atoms with Crippen molar-refractivity contribution < 1.29 is 19.4 Å². The molecular formula is C28H39NO4S2. The summed E-state index contributed by atoms with van der Waals surface area (Å²) in [7, 11) is 0. The molecule has 2 unspecified atom stereocenters. The molecule has 1 aromatic carbocycles. The normalized spacial score (nSPS) is 21.2. The molecule has 1 N–H and O–H groups in total. The van der Waals surface area contributed by atoms with E-state index >= 15 is 0 Å². The lowest BCUT2D eigenvalue weighted by atomic mass is 9.79. The molecule has 1 aliphatic rings. The number of nitrogens with zero attached hydrogens (tertiary/aromatic N) is 1. The molecular weight excluding hydrogens is 478 g/mol. The van der Waals surface area contributed by atoms with Gasteiger partial charge in [0.25, 0.3) is 0 Å². The summed E-state index contributed by atoms with van der Waals surface area (Å²) < 4.78 is 6.12. The SMILES string of the molecule is Cc1cc(SC2C(=O)CC(CCc3nc(C(C)C)cs3)(C(C)C)OC2=O)c(C(C)(C)C)cc1CO. The van der Waals surface area contributed by atoms with Gasteiger partial charge in [-0.1, -0.05) is 54.5 Å². The van der Waals surface area contributed by atoms with Crippen molar-refractivity contribution >= 4 is 34.9 Å². The number of esters is 1. The second-order valence-electron chi connectivity index (χ2n) is 11.3. The lowest BCUT2D eigenvalue weighted by Gasteiger charge is -2.41. The molecule has 1 saturated heterocycles. The van der Waals surface area contributed by atoms with Gasteiger partial charge in [-0.05, 0) is 53.4 Å². The lowest BCUT2D eigenvalue weighted by Crippen LogP contribution is -2.52. The van der Waals surface area contributed by atoms with Crippen LogP contribution in [0.1, 0.15) is 94.6 Å². The van der Waals surface area contributed by atoms with E-state index in [4.69, 9.17) is 9.72 Å². The molecule has 1 aromatic heterocycles. The van der Waals surface area contributed by atoms with Crippen LogP contribution in [-0.2, 0) is 32.8 Å². The van der Waals surface area contributed by atoms with Crippen LogP contribution in [0.2, 0.25) is 0 Å². The van der Waals surface area contributed by atoms with Crippen LogP contribution >= 0.6 is 23.1 Å². The van der Waals surface area contributed by atoms with Gasteiger partial charge in [-0.2, -0.15) is 0 Å². The molecule has 5 nitrogen and oxygen atoms in total. The van der Waals surface area contributed by atoms with Crippen LogP contribution in [0, 0.1) is 12.8 Å². The number of ketones is 1. The molecule has 0 saturated carbocycles. The Kier molecular flexibility index (Phi) is 8.55. The van der Waals surface area contributed by atoms with Gasteiger partial charge in [-0.25, -0.2) is 4.98 Å². The molecule has 1 aliphatic heterocycles. The number of carbonyl (C=O) groups is 2. The highest BCUT2D eigenvalue weighted by molar-refractivity contribution is 8.01. The zero-order chi connectivity index (χ0) is 26.1. The topological polar surface area (TPSA) is 76.5 Å². The molecule has 192 valence electrons. The first kappa shape index (κ1) is 27.9. The van der Waals surface area contributed by atoms with Crippen LogP contribution in [0.4, 0.5) is 0 Å². The number of thiazole rings is 1. The van der Waals surface area contributed by atoms with E-state index in [0.29, 0.717) is 18.8 Å². The number of aryl methyl sites for hydroxylation is 2. The monoisotopic (exact) mass is 517 g/mol. The van der Waals surface area contributed by atoms with E-state index in [1.807, 2.05) is 32.9 Å². The minimum atomic E-state index is -0.880. The molecule has 2 atom stereocenters. The number of rotatable bonds is 8. The molecule has 7 heteroatoms. The minimum Gasteiger partial charge on any atom is -0.457 e. The zero-order valence-corrected chi connectivity index (χ0v) is 23.9. The van der Waals surface area contributed by atoms with Crippen molar-refractivity contribution in [3.8, 4) is 0 Å². The number of carbonyl (C=O) groups excluding carboxylic acids is 2. The molecule has 2 aromatic rings. The molecule has 1 fully saturated rings. The Morgan fingerprint density at radius 1 is 1.23 bits per heavy atom. The van der Waals surface area contributed by atoms with Crippen LogP contribution in [0.5, 0.6) is 0 Å². The van der Waals surface area contributed by atoms with Crippen molar-refractivity contribution in [3.63, 3.8) is 0 Å². The predicted molar refractivity (Wildman–Crippen MR) is 143 cm³/mol. The van der Waals surface area contributed by atoms with Crippen molar-refractivity contribution in [2.24, 2.45) is 5.92 Å². The van der Waals surface area contributed by atoms with E-state index in [-0.39, 0.29) is 30.1 Å². The molecule has 0 radical (unpaired) electrons. The summed E-state index contributed by atoms with van der Waals surface area (Å²) in [5, 5.41) is 12.0. The maximum Gasteiger partial charge on any atom is 0.327 e. The first-order valence-corrected chi connectivity index (χ1v) is 14.1. The van der Waals surface area contributed by atoms with Crippen molar-refractivity contribution in [2.45, 2.75) is 108 Å². The second kappa shape index (κ2) is 10.7. The number of Topliss-reactive ketones (excluding diaryl/α,β-unsaturated/α-hetero) is 1. The van der Waals surface area contributed by atoms with Crippen molar-refractivity contribution in [1.29, 1.82) is 0 Å². The Morgan fingerprint density at radius 2 is 1.91 bits per heavy atom. The molecule has 0 bridgehead atoms. The number of ether oxygens (including phenoxy) is 1. The van der Waals surface area contributed by atoms with Crippen molar-refractivity contribution in [2.75, 3.05) is 0 Å². The van der Waals surface area contributed by atoms with Crippen molar-refractivity contribution in [1.82, 2.24) is 4.98 Å². The number of hydrogen-bond donors (Lipinski definition) is 1. The number of hydrogen-bond acceptors (Lipinski definition) is 7. The summed E-state index contributed by atoms with van der Waals surface area (Å²) in [4.78, 5) is 32.3. The number of aliphatic hydroxyl groups excluding tert-OH is 1. The number of thioether (sulfide) groups is 1. The largest absolute Gasteiger partial charge is 0.457 e. The van der Waals surface area contributed by atoms with Crippen LogP contribution in [0.25, 0.3) is 0 Å². The van der Waals surface area contributed by atoms with Gasteiger partial charge in [0, 0.05) is 23.1 Å². The summed E-state index contributed by atoms with van der Waals surface area (Å²) in [6.45, 7) is 16.5. The number of cyclic esters (lactones) is 1. The fourth-order valence-electron chi connectivity index (χ4n) is 4.40. The zero-order valence-electron chi connectivity index (χ0n) is 22.2. The maximum absolute atomic E-state index is 13.4. The summed E-state index contributed by atoms with van der Waals surface area (Å²) in [6, 6.07) is 3.98. The Labute approximate surface area is 218 Å². The van der Waals surface area contributed by atoms with Gasteiger partial charge in [-0.3, -0.25) is 9.59 Å².